The molecule has 2 aromatic carbocycles. The summed E-state index contributed by atoms with van der Waals surface area (Å²) in [6, 6.07) is 19.3. The number of alkyl halides is 2. The number of rotatable bonds is 6. The summed E-state index contributed by atoms with van der Waals surface area (Å²) in [6.07, 6.45) is 4.29. The number of amides is 1. The number of aromatic nitrogens is 2. The lowest BCUT2D eigenvalue weighted by Gasteiger charge is -2.27. The zero-order valence-corrected chi connectivity index (χ0v) is 18.8. The number of halogens is 2. The smallest absolute Gasteiger partial charge is 0.267 e. The lowest BCUT2D eigenvalue weighted by atomic mass is 9.81. The van der Waals surface area contributed by atoms with E-state index in [0.717, 1.165) is 27.8 Å². The summed E-state index contributed by atoms with van der Waals surface area (Å²) in [7, 11) is 0. The van der Waals surface area contributed by atoms with Gasteiger partial charge in [0.15, 0.2) is 0 Å². The second kappa shape index (κ2) is 9.59. The molecule has 1 atom stereocenters. The molecule has 168 valence electrons. The molecule has 0 spiro atoms. The molecule has 1 heterocycles. The maximum absolute atomic E-state index is 14.3. The van der Waals surface area contributed by atoms with E-state index in [0.29, 0.717) is 5.69 Å². The average Bonchev–Trinajstić information content (AvgIpc) is 3.28. The van der Waals surface area contributed by atoms with Gasteiger partial charge in [-0.2, -0.15) is 10.4 Å². The first kappa shape index (κ1) is 22.7. The molecule has 0 bridgehead atoms. The number of nitrogens with one attached hydrogen (secondary N) is 1. The van der Waals surface area contributed by atoms with Crippen LogP contribution in [0.4, 0.5) is 8.78 Å². The van der Waals surface area contributed by atoms with Gasteiger partial charge in [0.05, 0.1) is 17.5 Å². The summed E-state index contributed by atoms with van der Waals surface area (Å²) in [6.45, 7) is -0.254. The molecule has 0 aliphatic heterocycles. The fourth-order valence-electron chi connectivity index (χ4n) is 3.97. The van der Waals surface area contributed by atoms with Crippen molar-refractivity contribution in [2.75, 3.05) is 12.8 Å². The first-order valence-electron chi connectivity index (χ1n) is 10.5. The summed E-state index contributed by atoms with van der Waals surface area (Å²) >= 11 is 1.63. The zero-order chi connectivity index (χ0) is 23.4. The Kier molecular flexibility index (Phi) is 6.61. The summed E-state index contributed by atoms with van der Waals surface area (Å²) in [4.78, 5) is 13.8. The molecule has 1 aliphatic carbocycles. The summed E-state index contributed by atoms with van der Waals surface area (Å²) in [5.74, 6) is -4.37. The molecule has 1 aromatic heterocycles. The van der Waals surface area contributed by atoms with Gasteiger partial charge in [0.1, 0.15) is 6.54 Å². The fourth-order valence-corrected chi connectivity index (χ4v) is 4.38. The minimum atomic E-state index is -3.09. The van der Waals surface area contributed by atoms with E-state index in [4.69, 9.17) is 10.4 Å². The van der Waals surface area contributed by atoms with Crippen molar-refractivity contribution < 1.29 is 13.6 Å². The van der Waals surface area contributed by atoms with Gasteiger partial charge < -0.3 is 5.32 Å². The van der Waals surface area contributed by atoms with E-state index < -0.39 is 17.7 Å². The van der Waals surface area contributed by atoms with Crippen molar-refractivity contribution in [1.82, 2.24) is 15.1 Å². The van der Waals surface area contributed by atoms with Gasteiger partial charge in [-0.3, -0.25) is 4.79 Å². The van der Waals surface area contributed by atoms with Crippen LogP contribution in [-0.2, 0) is 4.79 Å². The average molecular weight is 465 g/mol. The van der Waals surface area contributed by atoms with E-state index in [9.17, 15) is 13.6 Å². The zero-order valence-electron chi connectivity index (χ0n) is 18.0. The Morgan fingerprint density at radius 2 is 1.97 bits per heavy atom. The van der Waals surface area contributed by atoms with Gasteiger partial charge in [-0.25, -0.2) is 13.5 Å². The van der Waals surface area contributed by atoms with Crippen molar-refractivity contribution in [2.45, 2.75) is 29.6 Å². The van der Waals surface area contributed by atoms with Crippen LogP contribution < -0.4 is 5.32 Å². The number of nitrogens with zero attached hydrogens (tertiary/aromatic N) is 3. The lowest BCUT2D eigenvalue weighted by molar-refractivity contribution is -0.118. The van der Waals surface area contributed by atoms with E-state index >= 15 is 0 Å². The quantitative estimate of drug-likeness (QED) is 0.395. The van der Waals surface area contributed by atoms with Crippen molar-refractivity contribution >= 4 is 17.7 Å². The van der Waals surface area contributed by atoms with E-state index in [2.05, 4.69) is 5.32 Å². The minimum absolute atomic E-state index is 0.0539. The van der Waals surface area contributed by atoms with Crippen LogP contribution in [0.25, 0.3) is 16.8 Å². The predicted octanol–water partition coefficient (Wildman–Crippen LogP) is 5.34. The third-order valence-corrected chi connectivity index (χ3v) is 6.34. The van der Waals surface area contributed by atoms with Crippen LogP contribution >= 0.6 is 11.8 Å². The van der Waals surface area contributed by atoms with Crippen LogP contribution in [0, 0.1) is 11.3 Å². The van der Waals surface area contributed by atoms with Crippen molar-refractivity contribution in [3.8, 4) is 22.9 Å². The number of allylic oxidation sites excluding steroid dienone is 1. The molecule has 33 heavy (non-hydrogen) atoms. The second-order valence-corrected chi connectivity index (χ2v) is 8.61. The van der Waals surface area contributed by atoms with Crippen LogP contribution in [0.3, 0.4) is 0 Å². The van der Waals surface area contributed by atoms with E-state index in [1.807, 2.05) is 73.1 Å². The predicted molar refractivity (Wildman–Crippen MR) is 124 cm³/mol. The molecule has 1 N–H and O–H groups in total. The fraction of sp³-hybridized carbons (Fsp3) is 0.240. The molecule has 0 saturated heterocycles. The third kappa shape index (κ3) is 4.99. The van der Waals surface area contributed by atoms with Gasteiger partial charge in [0.25, 0.3) is 5.92 Å². The summed E-state index contributed by atoms with van der Waals surface area (Å²) in [5.41, 5.74) is 3.00. The van der Waals surface area contributed by atoms with Gasteiger partial charge in [-0.05, 0) is 48.6 Å². The molecular formula is C25H22F2N4OS. The Balaban J connectivity index is 1.84. The van der Waals surface area contributed by atoms with Gasteiger partial charge in [0, 0.05) is 34.6 Å². The van der Waals surface area contributed by atoms with Crippen LogP contribution in [0.5, 0.6) is 0 Å². The summed E-state index contributed by atoms with van der Waals surface area (Å²) in [5, 5.41) is 16.0. The maximum atomic E-state index is 14.3. The van der Waals surface area contributed by atoms with Gasteiger partial charge >= 0.3 is 0 Å². The van der Waals surface area contributed by atoms with Crippen molar-refractivity contribution in [3.63, 3.8) is 0 Å². The SMILES string of the molecule is CSc1ccc(-c2cn(-c3ccccc3)nc2C2CCC(F)(F)C=C2C(=O)NCC#N)cc1. The first-order chi connectivity index (χ1) is 15.9. The molecule has 1 unspecified atom stereocenters. The van der Waals surface area contributed by atoms with E-state index in [1.54, 1.807) is 16.4 Å². The second-order valence-electron chi connectivity index (χ2n) is 7.73. The summed E-state index contributed by atoms with van der Waals surface area (Å²) < 4.78 is 30.2. The monoisotopic (exact) mass is 464 g/mol. The first-order valence-corrected chi connectivity index (χ1v) is 11.7. The molecule has 4 rings (SSSR count). The molecular weight excluding hydrogens is 442 g/mol. The number of nitriles is 1. The van der Waals surface area contributed by atoms with Crippen LogP contribution in [-0.4, -0.2) is 34.4 Å². The molecule has 1 amide bonds. The number of hydrogen-bond acceptors (Lipinski definition) is 4. The Morgan fingerprint density at radius 1 is 1.24 bits per heavy atom. The molecule has 0 radical (unpaired) electrons. The number of thioether (sulfide) groups is 1. The highest BCUT2D eigenvalue weighted by atomic mass is 32.2. The number of benzene rings is 2. The number of para-hydroxylation sites is 1. The van der Waals surface area contributed by atoms with Crippen molar-refractivity contribution in [2.24, 2.45) is 0 Å². The number of carbonyl (C=O) groups excluding carboxylic acids is 1. The third-order valence-electron chi connectivity index (χ3n) is 5.59. The molecule has 8 heteroatoms. The molecule has 5 nitrogen and oxygen atoms in total. The topological polar surface area (TPSA) is 70.7 Å². The molecule has 0 fully saturated rings. The van der Waals surface area contributed by atoms with Crippen molar-refractivity contribution in [3.05, 3.63) is 78.1 Å². The highest BCUT2D eigenvalue weighted by Gasteiger charge is 2.39. The van der Waals surface area contributed by atoms with Crippen molar-refractivity contribution in [1.29, 1.82) is 5.26 Å². The highest BCUT2D eigenvalue weighted by Crippen LogP contribution is 2.43. The van der Waals surface area contributed by atoms with Gasteiger partial charge in [0.2, 0.25) is 5.91 Å². The molecule has 3 aromatic rings. The minimum Gasteiger partial charge on any atom is -0.339 e. The highest BCUT2D eigenvalue weighted by molar-refractivity contribution is 7.98. The van der Waals surface area contributed by atoms with Crippen LogP contribution in [0.15, 0.2) is 77.3 Å². The normalized spacial score (nSPS) is 17.2. The number of hydrogen-bond donors (Lipinski definition) is 1. The lowest BCUT2D eigenvalue weighted by Crippen LogP contribution is -2.33. The maximum Gasteiger partial charge on any atom is 0.267 e. The Morgan fingerprint density at radius 3 is 2.64 bits per heavy atom. The van der Waals surface area contributed by atoms with E-state index in [1.165, 1.54) is 0 Å². The van der Waals surface area contributed by atoms with Gasteiger partial charge in [-0.1, -0.05) is 30.3 Å². The van der Waals surface area contributed by atoms with Crippen LogP contribution in [0.1, 0.15) is 24.5 Å². The standard InChI is InChI=1S/C25H22F2N4OS/c1-33-19-9-7-17(8-10-19)22-16-31(18-5-3-2-4-6-18)30-23(22)20-11-12-25(26,27)15-21(20)24(32)29-14-13-28/h2-10,15-16,20H,11-12,14H2,1H3,(H,29,32). The Bertz CT molecular complexity index is 1210. The Hall–Kier alpha value is -3.44. The number of carbonyl (C=O) groups is 1. The Labute approximate surface area is 195 Å². The molecule has 1 aliphatic rings. The largest absolute Gasteiger partial charge is 0.339 e. The molecule has 0 saturated carbocycles. The van der Waals surface area contributed by atoms with Crippen LogP contribution in [0.2, 0.25) is 0 Å². The van der Waals surface area contributed by atoms with Gasteiger partial charge in [-0.15, -0.1) is 11.8 Å². The van der Waals surface area contributed by atoms with E-state index in [-0.39, 0.29) is 25.0 Å².